The summed E-state index contributed by atoms with van der Waals surface area (Å²) in [7, 11) is 1.37. The van der Waals surface area contributed by atoms with Crippen LogP contribution in [-0.4, -0.2) is 19.6 Å². The SMILES string of the molecule is COc1cccc(/C=C/C(=O)Nc2c(C(C)C)cccc2C(C)C)c1OC(F)F. The third kappa shape index (κ3) is 5.79. The minimum absolute atomic E-state index is 0.112. The van der Waals surface area contributed by atoms with E-state index in [0.717, 1.165) is 16.8 Å². The number of methoxy groups -OCH3 is 1. The lowest BCUT2D eigenvalue weighted by Crippen LogP contribution is -2.13. The van der Waals surface area contributed by atoms with E-state index >= 15 is 0 Å². The van der Waals surface area contributed by atoms with Gasteiger partial charge in [-0.2, -0.15) is 8.78 Å². The molecule has 0 atom stereocenters. The third-order valence-corrected chi connectivity index (χ3v) is 4.47. The molecule has 6 heteroatoms. The van der Waals surface area contributed by atoms with Crippen molar-refractivity contribution >= 4 is 17.7 Å². The summed E-state index contributed by atoms with van der Waals surface area (Å²) in [6.07, 6.45) is 2.73. The van der Waals surface area contributed by atoms with Crippen LogP contribution >= 0.6 is 0 Å². The smallest absolute Gasteiger partial charge is 0.387 e. The number of anilines is 1. The first-order valence-electron chi connectivity index (χ1n) is 9.48. The van der Waals surface area contributed by atoms with Crippen molar-refractivity contribution in [1.29, 1.82) is 0 Å². The molecule has 0 aromatic heterocycles. The zero-order chi connectivity index (χ0) is 21.6. The normalized spacial score (nSPS) is 11.5. The van der Waals surface area contributed by atoms with Gasteiger partial charge in [-0.1, -0.05) is 58.0 Å². The summed E-state index contributed by atoms with van der Waals surface area (Å²) < 4.78 is 35.2. The number of amides is 1. The first-order chi connectivity index (χ1) is 13.7. The molecule has 0 saturated carbocycles. The lowest BCUT2D eigenvalue weighted by Gasteiger charge is -2.19. The van der Waals surface area contributed by atoms with E-state index in [2.05, 4.69) is 37.7 Å². The van der Waals surface area contributed by atoms with Gasteiger partial charge in [0.2, 0.25) is 5.91 Å². The van der Waals surface area contributed by atoms with Crippen molar-refractivity contribution in [2.45, 2.75) is 46.1 Å². The lowest BCUT2D eigenvalue weighted by molar-refractivity contribution is -0.111. The number of hydrogen-bond acceptors (Lipinski definition) is 3. The third-order valence-electron chi connectivity index (χ3n) is 4.47. The Labute approximate surface area is 170 Å². The molecule has 0 heterocycles. The topological polar surface area (TPSA) is 47.6 Å². The van der Waals surface area contributed by atoms with Crippen molar-refractivity contribution in [2.75, 3.05) is 12.4 Å². The Balaban J connectivity index is 2.32. The van der Waals surface area contributed by atoms with Crippen molar-refractivity contribution in [3.63, 3.8) is 0 Å². The number of nitrogens with one attached hydrogen (secondary N) is 1. The van der Waals surface area contributed by atoms with E-state index in [4.69, 9.17) is 4.74 Å². The second-order valence-corrected chi connectivity index (χ2v) is 7.20. The molecular formula is C23H27F2NO3. The van der Waals surface area contributed by atoms with Crippen LogP contribution in [0.25, 0.3) is 6.08 Å². The van der Waals surface area contributed by atoms with Crippen LogP contribution in [0.5, 0.6) is 11.5 Å². The minimum Gasteiger partial charge on any atom is -0.493 e. The van der Waals surface area contributed by atoms with Crippen molar-refractivity contribution in [1.82, 2.24) is 0 Å². The summed E-state index contributed by atoms with van der Waals surface area (Å²) in [6, 6.07) is 10.7. The Morgan fingerprint density at radius 2 is 1.59 bits per heavy atom. The number of benzene rings is 2. The van der Waals surface area contributed by atoms with E-state index < -0.39 is 6.61 Å². The number of hydrogen-bond donors (Lipinski definition) is 1. The molecule has 2 aromatic rings. The van der Waals surface area contributed by atoms with E-state index in [9.17, 15) is 13.6 Å². The number of halogens is 2. The molecule has 0 bridgehead atoms. The minimum atomic E-state index is -3.00. The van der Waals surface area contributed by atoms with Gasteiger partial charge in [-0.15, -0.1) is 0 Å². The van der Waals surface area contributed by atoms with Crippen molar-refractivity contribution in [3.8, 4) is 11.5 Å². The van der Waals surface area contributed by atoms with E-state index in [1.54, 1.807) is 12.1 Å². The molecule has 0 saturated heterocycles. The fourth-order valence-electron chi connectivity index (χ4n) is 3.07. The number of para-hydroxylation sites is 2. The quantitative estimate of drug-likeness (QED) is 0.534. The van der Waals surface area contributed by atoms with Gasteiger partial charge < -0.3 is 14.8 Å². The fourth-order valence-corrected chi connectivity index (χ4v) is 3.07. The maximum Gasteiger partial charge on any atom is 0.387 e. The van der Waals surface area contributed by atoms with Crippen LogP contribution in [0.3, 0.4) is 0 Å². The second-order valence-electron chi connectivity index (χ2n) is 7.20. The summed E-state index contributed by atoms with van der Waals surface area (Å²) in [5, 5.41) is 2.95. The molecule has 0 fully saturated rings. The molecule has 2 rings (SSSR count). The van der Waals surface area contributed by atoms with Crippen molar-refractivity contribution < 1.29 is 23.0 Å². The maximum atomic E-state index is 12.8. The Kier molecular flexibility index (Phi) is 7.76. The number of alkyl halides is 2. The first-order valence-corrected chi connectivity index (χ1v) is 9.48. The molecule has 0 unspecified atom stereocenters. The van der Waals surface area contributed by atoms with E-state index in [1.165, 1.54) is 25.3 Å². The van der Waals surface area contributed by atoms with E-state index in [1.807, 2.05) is 18.2 Å². The van der Waals surface area contributed by atoms with Gasteiger partial charge in [0.05, 0.1) is 7.11 Å². The van der Waals surface area contributed by atoms with Gasteiger partial charge in [-0.05, 0) is 35.1 Å². The van der Waals surface area contributed by atoms with E-state index in [0.29, 0.717) is 5.56 Å². The highest BCUT2D eigenvalue weighted by atomic mass is 19.3. The van der Waals surface area contributed by atoms with Gasteiger partial charge in [0.1, 0.15) is 0 Å². The van der Waals surface area contributed by atoms with Gasteiger partial charge >= 0.3 is 6.61 Å². The Morgan fingerprint density at radius 3 is 2.10 bits per heavy atom. The Hall–Kier alpha value is -2.89. The van der Waals surface area contributed by atoms with Crippen LogP contribution in [0.2, 0.25) is 0 Å². The molecule has 1 N–H and O–H groups in total. The van der Waals surface area contributed by atoms with E-state index in [-0.39, 0.29) is 29.2 Å². The van der Waals surface area contributed by atoms with Crippen LogP contribution < -0.4 is 14.8 Å². The maximum absolute atomic E-state index is 12.8. The largest absolute Gasteiger partial charge is 0.493 e. The molecular weight excluding hydrogens is 376 g/mol. The van der Waals surface area contributed by atoms with Gasteiger partial charge in [0.15, 0.2) is 11.5 Å². The number of ether oxygens (including phenoxy) is 2. The molecule has 0 aliphatic heterocycles. The van der Waals surface area contributed by atoms with Gasteiger partial charge in [-0.3, -0.25) is 4.79 Å². The molecule has 1 amide bonds. The highest BCUT2D eigenvalue weighted by Gasteiger charge is 2.16. The molecule has 4 nitrogen and oxygen atoms in total. The average molecular weight is 403 g/mol. The van der Waals surface area contributed by atoms with Gasteiger partial charge in [-0.25, -0.2) is 0 Å². The standard InChI is InChI=1S/C23H27F2NO3/c1-14(2)17-9-7-10-18(15(3)4)21(17)26-20(27)13-12-16-8-6-11-19(28-5)22(16)29-23(24)25/h6-15,23H,1-5H3,(H,26,27)/b13-12+. The van der Waals surface area contributed by atoms with Crippen molar-refractivity contribution in [3.05, 3.63) is 59.2 Å². The molecule has 156 valence electrons. The summed E-state index contributed by atoms with van der Waals surface area (Å²) in [4.78, 5) is 12.6. The molecule has 0 radical (unpaired) electrons. The molecule has 29 heavy (non-hydrogen) atoms. The monoisotopic (exact) mass is 403 g/mol. The summed E-state index contributed by atoms with van der Waals surface area (Å²) in [6.45, 7) is 5.26. The average Bonchev–Trinajstić information content (AvgIpc) is 2.66. The lowest BCUT2D eigenvalue weighted by atomic mass is 9.92. The molecule has 2 aromatic carbocycles. The van der Waals surface area contributed by atoms with Crippen LogP contribution in [0.1, 0.15) is 56.2 Å². The van der Waals surface area contributed by atoms with Crippen LogP contribution in [0, 0.1) is 0 Å². The second kappa shape index (κ2) is 10.0. The predicted molar refractivity (Wildman–Crippen MR) is 112 cm³/mol. The molecule has 0 aliphatic rings. The highest BCUT2D eigenvalue weighted by Crippen LogP contribution is 2.34. The number of carbonyl (C=O) groups is 1. The van der Waals surface area contributed by atoms with Crippen LogP contribution in [-0.2, 0) is 4.79 Å². The highest BCUT2D eigenvalue weighted by molar-refractivity contribution is 6.03. The predicted octanol–water partition coefficient (Wildman–Crippen LogP) is 6.20. The molecule has 0 spiro atoms. The molecule has 0 aliphatic carbocycles. The fraction of sp³-hybridized carbons (Fsp3) is 0.348. The first kappa shape index (κ1) is 22.4. The number of carbonyl (C=O) groups excluding carboxylic acids is 1. The van der Waals surface area contributed by atoms with Crippen molar-refractivity contribution in [2.24, 2.45) is 0 Å². The summed E-state index contributed by atoms with van der Waals surface area (Å²) in [5.41, 5.74) is 3.20. The zero-order valence-corrected chi connectivity index (χ0v) is 17.3. The Morgan fingerprint density at radius 1 is 1.00 bits per heavy atom. The summed E-state index contributed by atoms with van der Waals surface area (Å²) in [5.74, 6) is 0.167. The van der Waals surface area contributed by atoms with Crippen LogP contribution in [0.4, 0.5) is 14.5 Å². The summed E-state index contributed by atoms with van der Waals surface area (Å²) >= 11 is 0. The van der Waals surface area contributed by atoms with Crippen LogP contribution in [0.15, 0.2) is 42.5 Å². The van der Waals surface area contributed by atoms with Gasteiger partial charge in [0.25, 0.3) is 0 Å². The Bertz CT molecular complexity index is 850. The van der Waals surface area contributed by atoms with Gasteiger partial charge in [0, 0.05) is 17.3 Å². The zero-order valence-electron chi connectivity index (χ0n) is 17.3. The number of rotatable bonds is 8.